The Morgan fingerprint density at radius 2 is 1.96 bits per heavy atom. The standard InChI is InChI=1S/C19H24N2O4S2/c1-4-5-11-20-27(23,24)16-8-6-7-14(12-16)21-19(22)17-10-9-15(26-3)13-18(17)25-2/h6-10,12-13,20H,4-5,11H2,1-3H3,(H,21,22). The predicted molar refractivity (Wildman–Crippen MR) is 109 cm³/mol. The van der Waals surface area contributed by atoms with Crippen LogP contribution in [0, 0.1) is 0 Å². The van der Waals surface area contributed by atoms with Crippen LogP contribution in [0.1, 0.15) is 30.1 Å². The van der Waals surface area contributed by atoms with Gasteiger partial charge in [0.2, 0.25) is 10.0 Å². The molecule has 0 bridgehead atoms. The molecule has 2 aromatic rings. The van der Waals surface area contributed by atoms with Crippen molar-refractivity contribution in [3.05, 3.63) is 48.0 Å². The average molecular weight is 409 g/mol. The first-order valence-electron chi connectivity index (χ1n) is 8.54. The number of sulfonamides is 1. The molecule has 0 fully saturated rings. The van der Waals surface area contributed by atoms with Crippen LogP contribution >= 0.6 is 11.8 Å². The maximum Gasteiger partial charge on any atom is 0.259 e. The fourth-order valence-corrected chi connectivity index (χ4v) is 3.94. The Morgan fingerprint density at radius 3 is 2.63 bits per heavy atom. The van der Waals surface area contributed by atoms with Crippen molar-refractivity contribution >= 4 is 33.4 Å². The van der Waals surface area contributed by atoms with Gasteiger partial charge in [0, 0.05) is 17.1 Å². The summed E-state index contributed by atoms with van der Waals surface area (Å²) in [7, 11) is -2.10. The van der Waals surface area contributed by atoms with Crippen LogP contribution in [0.3, 0.4) is 0 Å². The van der Waals surface area contributed by atoms with E-state index in [0.29, 0.717) is 23.5 Å². The summed E-state index contributed by atoms with van der Waals surface area (Å²) in [5.74, 6) is 0.0948. The fourth-order valence-electron chi connectivity index (χ4n) is 2.39. The Bertz CT molecular complexity index is 898. The third-order valence-electron chi connectivity index (χ3n) is 3.88. The number of thioether (sulfide) groups is 1. The summed E-state index contributed by atoms with van der Waals surface area (Å²) in [6.07, 6.45) is 3.60. The molecule has 0 unspecified atom stereocenters. The van der Waals surface area contributed by atoms with Crippen LogP contribution in [0.15, 0.2) is 52.3 Å². The molecule has 1 amide bonds. The van der Waals surface area contributed by atoms with Crippen LogP contribution in [-0.4, -0.2) is 34.2 Å². The minimum Gasteiger partial charge on any atom is -0.496 e. The average Bonchev–Trinajstić information content (AvgIpc) is 2.67. The van der Waals surface area contributed by atoms with E-state index in [0.717, 1.165) is 17.7 Å². The highest BCUT2D eigenvalue weighted by atomic mass is 32.2. The summed E-state index contributed by atoms with van der Waals surface area (Å²) in [6.45, 7) is 2.37. The number of carbonyl (C=O) groups is 1. The molecule has 0 saturated carbocycles. The number of methoxy groups -OCH3 is 1. The molecule has 0 aromatic heterocycles. The second-order valence-corrected chi connectivity index (χ2v) is 8.45. The van der Waals surface area contributed by atoms with Crippen LogP contribution in [0.25, 0.3) is 0 Å². The highest BCUT2D eigenvalue weighted by Crippen LogP contribution is 2.26. The van der Waals surface area contributed by atoms with E-state index in [1.807, 2.05) is 19.2 Å². The SMILES string of the molecule is CCCCNS(=O)(=O)c1cccc(NC(=O)c2ccc(SC)cc2OC)c1. The first-order chi connectivity index (χ1) is 12.9. The van der Waals surface area contributed by atoms with Gasteiger partial charge in [-0.2, -0.15) is 0 Å². The molecule has 0 aliphatic rings. The van der Waals surface area contributed by atoms with Gasteiger partial charge >= 0.3 is 0 Å². The van der Waals surface area contributed by atoms with Crippen molar-refractivity contribution in [3.63, 3.8) is 0 Å². The third kappa shape index (κ3) is 5.72. The number of anilines is 1. The van der Waals surface area contributed by atoms with Gasteiger partial charge in [0.05, 0.1) is 17.6 Å². The van der Waals surface area contributed by atoms with Crippen LogP contribution in [-0.2, 0) is 10.0 Å². The molecular formula is C19H24N2O4S2. The van der Waals surface area contributed by atoms with Crippen molar-refractivity contribution in [2.75, 3.05) is 25.2 Å². The molecule has 0 heterocycles. The molecule has 0 saturated heterocycles. The number of unbranched alkanes of at least 4 members (excludes halogenated alkanes) is 1. The van der Waals surface area contributed by atoms with Gasteiger partial charge in [-0.3, -0.25) is 4.79 Å². The first-order valence-corrected chi connectivity index (χ1v) is 11.2. The number of hydrogen-bond donors (Lipinski definition) is 2. The zero-order valence-electron chi connectivity index (χ0n) is 15.6. The van der Waals surface area contributed by atoms with Crippen molar-refractivity contribution in [2.24, 2.45) is 0 Å². The van der Waals surface area contributed by atoms with E-state index in [2.05, 4.69) is 10.0 Å². The topological polar surface area (TPSA) is 84.5 Å². The molecular weight excluding hydrogens is 384 g/mol. The van der Waals surface area contributed by atoms with Gasteiger partial charge in [0.15, 0.2) is 0 Å². The summed E-state index contributed by atoms with van der Waals surface area (Å²) >= 11 is 1.55. The van der Waals surface area contributed by atoms with Gasteiger partial charge in [-0.15, -0.1) is 11.8 Å². The van der Waals surface area contributed by atoms with E-state index in [4.69, 9.17) is 4.74 Å². The maximum atomic E-state index is 12.6. The van der Waals surface area contributed by atoms with Crippen molar-refractivity contribution in [1.29, 1.82) is 0 Å². The van der Waals surface area contributed by atoms with Crippen LogP contribution < -0.4 is 14.8 Å². The number of carbonyl (C=O) groups excluding carboxylic acids is 1. The van der Waals surface area contributed by atoms with Crippen molar-refractivity contribution < 1.29 is 17.9 Å². The van der Waals surface area contributed by atoms with Gasteiger partial charge in [-0.25, -0.2) is 13.1 Å². The highest BCUT2D eigenvalue weighted by Gasteiger charge is 2.16. The minimum absolute atomic E-state index is 0.112. The van der Waals surface area contributed by atoms with E-state index in [9.17, 15) is 13.2 Å². The molecule has 2 aromatic carbocycles. The lowest BCUT2D eigenvalue weighted by Gasteiger charge is -2.12. The number of rotatable bonds is 9. The maximum absolute atomic E-state index is 12.6. The van der Waals surface area contributed by atoms with Crippen LogP contribution in [0.4, 0.5) is 5.69 Å². The highest BCUT2D eigenvalue weighted by molar-refractivity contribution is 7.98. The molecule has 0 spiro atoms. The number of amides is 1. The molecule has 0 aliphatic heterocycles. The van der Waals surface area contributed by atoms with E-state index >= 15 is 0 Å². The van der Waals surface area contributed by atoms with Crippen molar-refractivity contribution in [3.8, 4) is 5.75 Å². The molecule has 27 heavy (non-hydrogen) atoms. The summed E-state index contributed by atoms with van der Waals surface area (Å²) in [5, 5.41) is 2.73. The third-order valence-corrected chi connectivity index (χ3v) is 6.06. The fraction of sp³-hybridized carbons (Fsp3) is 0.316. The Balaban J connectivity index is 2.20. The molecule has 146 valence electrons. The second kappa shape index (κ2) is 9.77. The minimum atomic E-state index is -3.61. The zero-order chi connectivity index (χ0) is 19.9. The Labute approximate surface area is 164 Å². The van der Waals surface area contributed by atoms with Gasteiger partial charge < -0.3 is 10.1 Å². The van der Waals surface area contributed by atoms with Crippen LogP contribution in [0.2, 0.25) is 0 Å². The molecule has 0 atom stereocenters. The number of ether oxygens (including phenoxy) is 1. The number of benzene rings is 2. The molecule has 6 nitrogen and oxygen atoms in total. The summed E-state index contributed by atoms with van der Waals surface area (Å²) in [4.78, 5) is 13.7. The predicted octanol–water partition coefficient (Wildman–Crippen LogP) is 3.75. The van der Waals surface area contributed by atoms with Crippen LogP contribution in [0.5, 0.6) is 5.75 Å². The molecule has 8 heteroatoms. The van der Waals surface area contributed by atoms with Crippen molar-refractivity contribution in [1.82, 2.24) is 4.72 Å². The smallest absolute Gasteiger partial charge is 0.259 e. The number of hydrogen-bond acceptors (Lipinski definition) is 5. The lowest BCUT2D eigenvalue weighted by atomic mass is 10.2. The Hall–Kier alpha value is -2.03. The van der Waals surface area contributed by atoms with Crippen molar-refractivity contribution in [2.45, 2.75) is 29.6 Å². The second-order valence-electron chi connectivity index (χ2n) is 5.80. The zero-order valence-corrected chi connectivity index (χ0v) is 17.2. The summed E-state index contributed by atoms with van der Waals surface area (Å²) in [5.41, 5.74) is 0.777. The monoisotopic (exact) mass is 408 g/mol. The lowest BCUT2D eigenvalue weighted by Crippen LogP contribution is -2.24. The van der Waals surface area contributed by atoms with E-state index < -0.39 is 10.0 Å². The largest absolute Gasteiger partial charge is 0.496 e. The van der Waals surface area contributed by atoms with Gasteiger partial charge in [0.1, 0.15) is 5.75 Å². The van der Waals surface area contributed by atoms with E-state index in [1.165, 1.54) is 19.2 Å². The van der Waals surface area contributed by atoms with Gasteiger partial charge in [0.25, 0.3) is 5.91 Å². The molecule has 2 rings (SSSR count). The molecule has 2 N–H and O–H groups in total. The summed E-state index contributed by atoms with van der Waals surface area (Å²) < 4.78 is 32.5. The lowest BCUT2D eigenvalue weighted by molar-refractivity contribution is 0.102. The first kappa shape index (κ1) is 21.3. The van der Waals surface area contributed by atoms with E-state index in [1.54, 1.807) is 36.0 Å². The number of nitrogens with one attached hydrogen (secondary N) is 2. The van der Waals surface area contributed by atoms with Gasteiger partial charge in [-0.05, 0) is 49.1 Å². The Kier molecular flexibility index (Phi) is 7.70. The molecule has 0 aliphatic carbocycles. The Morgan fingerprint density at radius 1 is 1.19 bits per heavy atom. The quantitative estimate of drug-likeness (QED) is 0.488. The normalized spacial score (nSPS) is 11.2. The van der Waals surface area contributed by atoms with Gasteiger partial charge in [-0.1, -0.05) is 19.4 Å². The van der Waals surface area contributed by atoms with E-state index in [-0.39, 0.29) is 10.8 Å². The molecule has 0 radical (unpaired) electrons. The summed E-state index contributed by atoms with van der Waals surface area (Å²) in [6, 6.07) is 11.5.